The van der Waals surface area contributed by atoms with Crippen LogP contribution in [0.1, 0.15) is 13.8 Å². The molecule has 2 N–H and O–H groups in total. The van der Waals surface area contributed by atoms with Gasteiger partial charge in [0, 0.05) is 42.7 Å². The highest BCUT2D eigenvalue weighted by Crippen LogP contribution is 2.27. The first-order valence-electron chi connectivity index (χ1n) is 9.35. The molecule has 0 aliphatic rings. The largest absolute Gasteiger partial charge is 0.496 e. The molecule has 0 bridgehead atoms. The van der Waals surface area contributed by atoms with Gasteiger partial charge in [0.05, 0.1) is 20.8 Å². The lowest BCUT2D eigenvalue weighted by Crippen LogP contribution is -2.32. The van der Waals surface area contributed by atoms with E-state index in [0.717, 1.165) is 24.5 Å². The van der Waals surface area contributed by atoms with E-state index >= 15 is 0 Å². The first kappa shape index (κ1) is 21.2. The zero-order chi connectivity index (χ0) is 20.4. The van der Waals surface area contributed by atoms with Crippen LogP contribution in [0.25, 0.3) is 0 Å². The zero-order valence-electron chi connectivity index (χ0n) is 17.0. The Bertz CT molecular complexity index is 724. The Kier molecular flexibility index (Phi) is 8.27. The lowest BCUT2D eigenvalue weighted by Gasteiger charge is -2.21. The van der Waals surface area contributed by atoms with Gasteiger partial charge in [-0.3, -0.25) is 0 Å². The Hall–Kier alpha value is -3.09. The minimum Gasteiger partial charge on any atom is -0.496 e. The van der Waals surface area contributed by atoms with Crippen molar-refractivity contribution in [3.8, 4) is 17.2 Å². The molecule has 152 valence electrons. The van der Waals surface area contributed by atoms with Crippen molar-refractivity contribution in [2.45, 2.75) is 13.8 Å². The average molecular weight is 387 g/mol. The highest BCUT2D eigenvalue weighted by molar-refractivity contribution is 5.89. The molecular formula is C21H29N3O4. The summed E-state index contributed by atoms with van der Waals surface area (Å²) in [6.07, 6.45) is 0. The number of carbonyl (C=O) groups excluding carboxylic acids is 1. The van der Waals surface area contributed by atoms with Gasteiger partial charge in [0.15, 0.2) is 0 Å². The molecule has 0 aliphatic heterocycles. The van der Waals surface area contributed by atoms with Crippen LogP contribution in [0.15, 0.2) is 42.5 Å². The van der Waals surface area contributed by atoms with Gasteiger partial charge in [0.2, 0.25) is 0 Å². The summed E-state index contributed by atoms with van der Waals surface area (Å²) in [5.41, 5.74) is 1.88. The third-order valence-corrected chi connectivity index (χ3v) is 4.24. The quantitative estimate of drug-likeness (QED) is 0.608. The van der Waals surface area contributed by atoms with Crippen molar-refractivity contribution in [1.29, 1.82) is 0 Å². The Morgan fingerprint density at radius 1 is 0.929 bits per heavy atom. The molecule has 2 aromatic carbocycles. The molecule has 0 unspecified atom stereocenters. The van der Waals surface area contributed by atoms with Gasteiger partial charge in [0.25, 0.3) is 0 Å². The molecule has 0 spiro atoms. The Labute approximate surface area is 166 Å². The molecule has 0 heterocycles. The van der Waals surface area contributed by atoms with E-state index in [2.05, 4.69) is 29.4 Å². The predicted octanol–water partition coefficient (Wildman–Crippen LogP) is 3.75. The summed E-state index contributed by atoms with van der Waals surface area (Å²) in [5.74, 6) is 1.91. The molecule has 0 fully saturated rings. The van der Waals surface area contributed by atoms with Crippen LogP contribution < -0.4 is 29.7 Å². The van der Waals surface area contributed by atoms with Gasteiger partial charge in [-0.25, -0.2) is 4.79 Å². The molecule has 0 aromatic heterocycles. The van der Waals surface area contributed by atoms with E-state index in [1.807, 2.05) is 24.3 Å². The number of benzene rings is 2. The van der Waals surface area contributed by atoms with Crippen molar-refractivity contribution in [3.63, 3.8) is 0 Å². The van der Waals surface area contributed by atoms with Crippen molar-refractivity contribution in [2.24, 2.45) is 0 Å². The number of anilines is 2. The second-order valence-electron chi connectivity index (χ2n) is 6.00. The maximum atomic E-state index is 12.0. The second kappa shape index (κ2) is 10.9. The number of amides is 2. The van der Waals surface area contributed by atoms with Crippen molar-refractivity contribution in [2.75, 3.05) is 50.7 Å². The van der Waals surface area contributed by atoms with Crippen LogP contribution in [0.2, 0.25) is 0 Å². The summed E-state index contributed by atoms with van der Waals surface area (Å²) in [7, 11) is 3.16. The number of urea groups is 1. The molecule has 0 aliphatic carbocycles. The number of methoxy groups -OCH3 is 2. The summed E-state index contributed by atoms with van der Waals surface area (Å²) in [6.45, 7) is 6.82. The molecule has 2 rings (SSSR count). The monoisotopic (exact) mass is 387 g/mol. The highest BCUT2D eigenvalue weighted by Gasteiger charge is 2.05. The van der Waals surface area contributed by atoms with Crippen molar-refractivity contribution < 1.29 is 19.0 Å². The Morgan fingerprint density at radius 2 is 1.50 bits per heavy atom. The lowest BCUT2D eigenvalue weighted by atomic mass is 10.2. The van der Waals surface area contributed by atoms with E-state index in [0.29, 0.717) is 30.4 Å². The number of hydrogen-bond donors (Lipinski definition) is 2. The summed E-state index contributed by atoms with van der Waals surface area (Å²) >= 11 is 0. The van der Waals surface area contributed by atoms with E-state index in [-0.39, 0.29) is 6.03 Å². The molecule has 7 nitrogen and oxygen atoms in total. The molecule has 28 heavy (non-hydrogen) atoms. The molecule has 7 heteroatoms. The van der Waals surface area contributed by atoms with Gasteiger partial charge in [0.1, 0.15) is 23.9 Å². The number of ether oxygens (including phenoxy) is 3. The third-order valence-electron chi connectivity index (χ3n) is 4.24. The third kappa shape index (κ3) is 6.26. The zero-order valence-corrected chi connectivity index (χ0v) is 17.0. The summed E-state index contributed by atoms with van der Waals surface area (Å²) in [4.78, 5) is 14.3. The van der Waals surface area contributed by atoms with Gasteiger partial charge in [-0.15, -0.1) is 0 Å². The van der Waals surface area contributed by atoms with Crippen LogP contribution in [0.5, 0.6) is 17.2 Å². The fraction of sp³-hybridized carbons (Fsp3) is 0.381. The van der Waals surface area contributed by atoms with Crippen LogP contribution >= 0.6 is 0 Å². The predicted molar refractivity (Wildman–Crippen MR) is 112 cm³/mol. The SMILES string of the molecule is CCN(CC)c1ccc(NC(=O)NCCOc2cc(OC)cc(OC)c2)cc1. The first-order valence-corrected chi connectivity index (χ1v) is 9.35. The van der Waals surface area contributed by atoms with Crippen LogP contribution in [0.3, 0.4) is 0 Å². The lowest BCUT2D eigenvalue weighted by molar-refractivity contribution is 0.247. The Balaban J connectivity index is 1.77. The minimum absolute atomic E-state index is 0.276. The molecule has 0 saturated heterocycles. The standard InChI is InChI=1S/C21H29N3O4/c1-5-24(6-2)17-9-7-16(8-10-17)23-21(25)22-11-12-28-20-14-18(26-3)13-19(15-20)27-4/h7-10,13-15H,5-6,11-12H2,1-4H3,(H2,22,23,25). The van der Waals surface area contributed by atoms with Gasteiger partial charge in [-0.05, 0) is 38.1 Å². The second-order valence-corrected chi connectivity index (χ2v) is 6.00. The van der Waals surface area contributed by atoms with Crippen LogP contribution in [0.4, 0.5) is 16.2 Å². The van der Waals surface area contributed by atoms with Crippen LogP contribution in [-0.2, 0) is 0 Å². The number of nitrogens with one attached hydrogen (secondary N) is 2. The molecule has 0 radical (unpaired) electrons. The highest BCUT2D eigenvalue weighted by atomic mass is 16.5. The van der Waals surface area contributed by atoms with Crippen molar-refractivity contribution in [1.82, 2.24) is 5.32 Å². The molecule has 2 amide bonds. The van der Waals surface area contributed by atoms with Gasteiger partial charge in [-0.2, -0.15) is 0 Å². The van der Waals surface area contributed by atoms with E-state index in [1.54, 1.807) is 32.4 Å². The van der Waals surface area contributed by atoms with Gasteiger partial charge >= 0.3 is 6.03 Å². The summed E-state index contributed by atoms with van der Waals surface area (Å²) in [5, 5.41) is 5.59. The van der Waals surface area contributed by atoms with E-state index < -0.39 is 0 Å². The maximum absolute atomic E-state index is 12.0. The first-order chi connectivity index (χ1) is 13.6. The van der Waals surface area contributed by atoms with Crippen LogP contribution in [0, 0.1) is 0 Å². The fourth-order valence-corrected chi connectivity index (χ4v) is 2.72. The Morgan fingerprint density at radius 3 is 2.04 bits per heavy atom. The van der Waals surface area contributed by atoms with Gasteiger partial charge < -0.3 is 29.7 Å². The number of rotatable bonds is 10. The smallest absolute Gasteiger partial charge is 0.319 e. The topological polar surface area (TPSA) is 72.1 Å². The van der Waals surface area contributed by atoms with E-state index in [4.69, 9.17) is 14.2 Å². The summed E-state index contributed by atoms with van der Waals surface area (Å²) in [6, 6.07) is 12.8. The average Bonchev–Trinajstić information content (AvgIpc) is 2.73. The molecule has 0 atom stereocenters. The summed E-state index contributed by atoms with van der Waals surface area (Å²) < 4.78 is 16.1. The number of hydrogen-bond acceptors (Lipinski definition) is 5. The van der Waals surface area contributed by atoms with Crippen molar-refractivity contribution >= 4 is 17.4 Å². The van der Waals surface area contributed by atoms with Gasteiger partial charge in [-0.1, -0.05) is 0 Å². The number of carbonyl (C=O) groups is 1. The normalized spacial score (nSPS) is 10.1. The van der Waals surface area contributed by atoms with Crippen molar-refractivity contribution in [3.05, 3.63) is 42.5 Å². The molecule has 2 aromatic rings. The minimum atomic E-state index is -0.276. The van der Waals surface area contributed by atoms with Crippen LogP contribution in [-0.4, -0.2) is 46.5 Å². The van der Waals surface area contributed by atoms with E-state index in [9.17, 15) is 4.79 Å². The van der Waals surface area contributed by atoms with E-state index in [1.165, 1.54) is 0 Å². The maximum Gasteiger partial charge on any atom is 0.319 e. The molecule has 0 saturated carbocycles. The molecular weight excluding hydrogens is 358 g/mol. The number of nitrogens with zero attached hydrogens (tertiary/aromatic N) is 1. The fourth-order valence-electron chi connectivity index (χ4n) is 2.72.